The monoisotopic (exact) mass is 362 g/mol. The Kier molecular flexibility index (Phi) is 5.86. The molecule has 0 aliphatic heterocycles. The molecular formula is C21H26N6. The standard InChI is InChI=1S/C21H26N6/c1-5-27(6-2)19-11-9-17(10-12-19)24-21-25-20(14-22-26-21)23-18-8-7-15(3)16(4)13-18/h7-14H,5-6H2,1-4H3,(H2,23,24,25,26). The van der Waals surface area contributed by atoms with Crippen LogP contribution in [0.5, 0.6) is 0 Å². The summed E-state index contributed by atoms with van der Waals surface area (Å²) in [6.45, 7) is 10.5. The smallest absolute Gasteiger partial charge is 0.249 e. The molecule has 6 nitrogen and oxygen atoms in total. The Labute approximate surface area is 160 Å². The zero-order chi connectivity index (χ0) is 19.2. The molecule has 3 aromatic rings. The first-order chi connectivity index (χ1) is 13.1. The van der Waals surface area contributed by atoms with E-state index in [4.69, 9.17) is 0 Å². The van der Waals surface area contributed by atoms with E-state index in [-0.39, 0.29) is 0 Å². The lowest BCUT2D eigenvalue weighted by Gasteiger charge is -2.21. The first kappa shape index (κ1) is 18.6. The highest BCUT2D eigenvalue weighted by Gasteiger charge is 2.05. The van der Waals surface area contributed by atoms with Crippen LogP contribution in [0.3, 0.4) is 0 Å². The van der Waals surface area contributed by atoms with E-state index in [1.807, 2.05) is 18.2 Å². The third kappa shape index (κ3) is 4.73. The van der Waals surface area contributed by atoms with Crippen LogP contribution in [0, 0.1) is 13.8 Å². The SMILES string of the molecule is CCN(CC)c1ccc(Nc2nncc(Nc3ccc(C)c(C)c3)n2)cc1. The van der Waals surface area contributed by atoms with Crippen LogP contribution in [0.1, 0.15) is 25.0 Å². The van der Waals surface area contributed by atoms with Crippen molar-refractivity contribution < 1.29 is 0 Å². The predicted octanol–water partition coefficient (Wildman–Crippen LogP) is 4.82. The van der Waals surface area contributed by atoms with Gasteiger partial charge in [-0.15, -0.1) is 5.10 Å². The molecular weight excluding hydrogens is 336 g/mol. The fraction of sp³-hybridized carbons (Fsp3) is 0.286. The number of nitrogens with one attached hydrogen (secondary N) is 2. The molecule has 0 aliphatic rings. The van der Waals surface area contributed by atoms with Crippen molar-refractivity contribution in [2.75, 3.05) is 28.6 Å². The molecule has 140 valence electrons. The van der Waals surface area contributed by atoms with Crippen molar-refractivity contribution in [1.82, 2.24) is 15.2 Å². The molecule has 0 saturated heterocycles. The molecule has 6 heteroatoms. The Morgan fingerprint density at radius 2 is 1.56 bits per heavy atom. The van der Waals surface area contributed by atoms with Crippen molar-refractivity contribution in [3.63, 3.8) is 0 Å². The summed E-state index contributed by atoms with van der Waals surface area (Å²) in [4.78, 5) is 6.80. The van der Waals surface area contributed by atoms with Gasteiger partial charge in [0.25, 0.3) is 0 Å². The summed E-state index contributed by atoms with van der Waals surface area (Å²) in [5.41, 5.74) is 5.60. The van der Waals surface area contributed by atoms with Crippen LogP contribution >= 0.6 is 0 Å². The number of hydrogen-bond acceptors (Lipinski definition) is 6. The van der Waals surface area contributed by atoms with Gasteiger partial charge < -0.3 is 15.5 Å². The lowest BCUT2D eigenvalue weighted by Crippen LogP contribution is -2.21. The lowest BCUT2D eigenvalue weighted by atomic mass is 10.1. The minimum absolute atomic E-state index is 0.458. The second-order valence-electron chi connectivity index (χ2n) is 6.43. The Morgan fingerprint density at radius 1 is 0.852 bits per heavy atom. The third-order valence-electron chi connectivity index (χ3n) is 4.59. The lowest BCUT2D eigenvalue weighted by molar-refractivity contribution is 0.866. The maximum atomic E-state index is 4.50. The van der Waals surface area contributed by atoms with E-state index in [0.29, 0.717) is 11.8 Å². The summed E-state index contributed by atoms with van der Waals surface area (Å²) in [5, 5.41) is 14.6. The molecule has 1 aromatic heterocycles. The number of anilines is 5. The van der Waals surface area contributed by atoms with Gasteiger partial charge in [0.05, 0.1) is 6.20 Å². The zero-order valence-corrected chi connectivity index (χ0v) is 16.3. The maximum Gasteiger partial charge on any atom is 0.249 e. The van der Waals surface area contributed by atoms with Crippen molar-refractivity contribution in [1.29, 1.82) is 0 Å². The van der Waals surface area contributed by atoms with Crippen LogP contribution in [0.15, 0.2) is 48.7 Å². The minimum atomic E-state index is 0.458. The Hall–Kier alpha value is -3.15. The molecule has 1 heterocycles. The van der Waals surface area contributed by atoms with Gasteiger partial charge in [0, 0.05) is 30.2 Å². The zero-order valence-electron chi connectivity index (χ0n) is 16.3. The first-order valence-corrected chi connectivity index (χ1v) is 9.25. The van der Waals surface area contributed by atoms with E-state index in [0.717, 1.165) is 24.5 Å². The molecule has 2 N–H and O–H groups in total. The molecule has 0 bridgehead atoms. The molecule has 0 saturated carbocycles. The largest absolute Gasteiger partial charge is 0.372 e. The van der Waals surface area contributed by atoms with Crippen LogP contribution in [0.2, 0.25) is 0 Å². The summed E-state index contributed by atoms with van der Waals surface area (Å²) in [6.07, 6.45) is 1.61. The van der Waals surface area contributed by atoms with Crippen molar-refractivity contribution in [3.8, 4) is 0 Å². The number of nitrogens with zero attached hydrogens (tertiary/aromatic N) is 4. The topological polar surface area (TPSA) is 66.0 Å². The minimum Gasteiger partial charge on any atom is -0.372 e. The summed E-state index contributed by atoms with van der Waals surface area (Å²) < 4.78 is 0. The molecule has 0 fully saturated rings. The molecule has 0 atom stereocenters. The molecule has 2 aromatic carbocycles. The number of benzene rings is 2. The summed E-state index contributed by atoms with van der Waals surface area (Å²) in [6, 6.07) is 14.5. The Bertz CT molecular complexity index is 887. The molecule has 0 amide bonds. The van der Waals surface area contributed by atoms with E-state index >= 15 is 0 Å². The van der Waals surface area contributed by atoms with E-state index in [9.17, 15) is 0 Å². The van der Waals surface area contributed by atoms with Gasteiger partial charge >= 0.3 is 0 Å². The van der Waals surface area contributed by atoms with Crippen LogP contribution in [0.25, 0.3) is 0 Å². The maximum absolute atomic E-state index is 4.50. The second-order valence-corrected chi connectivity index (χ2v) is 6.43. The van der Waals surface area contributed by atoms with Crippen LogP contribution in [-0.4, -0.2) is 28.3 Å². The van der Waals surface area contributed by atoms with Gasteiger partial charge in [-0.1, -0.05) is 6.07 Å². The Morgan fingerprint density at radius 3 is 2.22 bits per heavy atom. The van der Waals surface area contributed by atoms with E-state index in [2.05, 4.69) is 82.7 Å². The predicted molar refractivity (Wildman–Crippen MR) is 112 cm³/mol. The number of rotatable bonds is 7. The van der Waals surface area contributed by atoms with Crippen LogP contribution in [-0.2, 0) is 0 Å². The fourth-order valence-electron chi connectivity index (χ4n) is 2.86. The van der Waals surface area contributed by atoms with Gasteiger partial charge in [0.2, 0.25) is 5.95 Å². The van der Waals surface area contributed by atoms with Gasteiger partial charge in [-0.05, 0) is 75.2 Å². The molecule has 0 unspecified atom stereocenters. The highest BCUT2D eigenvalue weighted by atomic mass is 15.3. The molecule has 0 spiro atoms. The van der Waals surface area contributed by atoms with Gasteiger partial charge in [-0.2, -0.15) is 10.1 Å². The number of hydrogen-bond donors (Lipinski definition) is 2. The number of aromatic nitrogens is 3. The van der Waals surface area contributed by atoms with Gasteiger partial charge in [-0.3, -0.25) is 0 Å². The van der Waals surface area contributed by atoms with Gasteiger partial charge in [0.15, 0.2) is 5.82 Å². The van der Waals surface area contributed by atoms with E-state index < -0.39 is 0 Å². The normalized spacial score (nSPS) is 10.5. The van der Waals surface area contributed by atoms with Crippen molar-refractivity contribution in [2.24, 2.45) is 0 Å². The van der Waals surface area contributed by atoms with Crippen molar-refractivity contribution in [3.05, 3.63) is 59.8 Å². The van der Waals surface area contributed by atoms with Crippen LogP contribution < -0.4 is 15.5 Å². The average Bonchev–Trinajstić information content (AvgIpc) is 2.67. The Balaban J connectivity index is 1.71. The fourth-order valence-corrected chi connectivity index (χ4v) is 2.86. The van der Waals surface area contributed by atoms with Crippen molar-refractivity contribution >= 4 is 28.8 Å². The van der Waals surface area contributed by atoms with Gasteiger partial charge in [-0.25, -0.2) is 0 Å². The molecule has 0 radical (unpaired) electrons. The van der Waals surface area contributed by atoms with Crippen LogP contribution in [0.4, 0.5) is 28.8 Å². The number of aryl methyl sites for hydroxylation is 2. The summed E-state index contributed by atoms with van der Waals surface area (Å²) in [5.74, 6) is 1.11. The second kappa shape index (κ2) is 8.49. The van der Waals surface area contributed by atoms with Gasteiger partial charge in [0.1, 0.15) is 0 Å². The highest BCUT2D eigenvalue weighted by molar-refractivity contribution is 5.61. The molecule has 0 aliphatic carbocycles. The molecule has 3 rings (SSSR count). The average molecular weight is 362 g/mol. The van der Waals surface area contributed by atoms with E-state index in [1.54, 1.807) is 6.20 Å². The van der Waals surface area contributed by atoms with E-state index in [1.165, 1.54) is 16.8 Å². The summed E-state index contributed by atoms with van der Waals surface area (Å²) >= 11 is 0. The quantitative estimate of drug-likeness (QED) is 0.628. The third-order valence-corrected chi connectivity index (χ3v) is 4.59. The highest BCUT2D eigenvalue weighted by Crippen LogP contribution is 2.21. The molecule has 27 heavy (non-hydrogen) atoms. The van der Waals surface area contributed by atoms with Crippen molar-refractivity contribution in [2.45, 2.75) is 27.7 Å². The first-order valence-electron chi connectivity index (χ1n) is 9.25. The summed E-state index contributed by atoms with van der Waals surface area (Å²) in [7, 11) is 0.